The minimum Gasteiger partial charge on any atom is -0.486 e. The zero-order chi connectivity index (χ0) is 15.9. The van der Waals surface area contributed by atoms with Gasteiger partial charge in [-0.2, -0.15) is 0 Å². The maximum Gasteiger partial charge on any atom is 0.304 e. The summed E-state index contributed by atoms with van der Waals surface area (Å²) in [5, 5.41) is 18.2. The molecule has 0 unspecified atom stereocenters. The number of nitrogens with zero attached hydrogens (tertiary/aromatic N) is 3. The molecule has 0 aliphatic heterocycles. The van der Waals surface area contributed by atoms with Gasteiger partial charge in [-0.15, -0.1) is 10.2 Å². The number of carbonyl (C=O) groups is 1. The van der Waals surface area contributed by atoms with Gasteiger partial charge in [0.1, 0.15) is 12.4 Å². The van der Waals surface area contributed by atoms with Crippen LogP contribution in [0, 0.1) is 0 Å². The Balaban J connectivity index is 1.97. The van der Waals surface area contributed by atoms with Gasteiger partial charge in [0.15, 0.2) is 11.0 Å². The first kappa shape index (κ1) is 16.6. The number of benzene rings is 1. The number of hydrogen-bond donors (Lipinski definition) is 1. The lowest BCUT2D eigenvalue weighted by atomic mass is 10.3. The molecular weight excluding hydrogens is 326 g/mol. The molecule has 0 spiro atoms. The minimum atomic E-state index is -0.818. The number of rotatable bonds is 8. The highest BCUT2D eigenvalue weighted by Gasteiger charge is 2.12. The van der Waals surface area contributed by atoms with E-state index in [0.717, 1.165) is 0 Å². The molecule has 0 aliphatic rings. The quantitative estimate of drug-likeness (QED) is 0.743. The lowest BCUT2D eigenvalue weighted by Crippen LogP contribution is -2.07. The fraction of sp³-hybridized carbons (Fsp3) is 0.357. The number of aromatic nitrogens is 3. The third-order valence-electron chi connectivity index (χ3n) is 2.84. The molecule has 0 bridgehead atoms. The largest absolute Gasteiger partial charge is 0.486 e. The molecule has 2 aromatic rings. The number of thioether (sulfide) groups is 1. The summed E-state index contributed by atoms with van der Waals surface area (Å²) in [6.45, 7) is 2.97. The number of ether oxygens (including phenoxy) is 1. The van der Waals surface area contributed by atoms with Crippen LogP contribution in [0.2, 0.25) is 5.02 Å². The van der Waals surface area contributed by atoms with Crippen molar-refractivity contribution in [2.24, 2.45) is 0 Å². The maximum atomic E-state index is 10.5. The van der Waals surface area contributed by atoms with Crippen molar-refractivity contribution < 1.29 is 14.6 Å². The fourth-order valence-electron chi connectivity index (χ4n) is 1.76. The van der Waals surface area contributed by atoms with Gasteiger partial charge in [-0.1, -0.05) is 23.4 Å². The molecule has 118 valence electrons. The van der Waals surface area contributed by atoms with Crippen LogP contribution in [0.15, 0.2) is 29.4 Å². The van der Waals surface area contributed by atoms with Crippen molar-refractivity contribution in [2.75, 3.05) is 5.75 Å². The summed E-state index contributed by atoms with van der Waals surface area (Å²) in [5.74, 6) is 1.05. The van der Waals surface area contributed by atoms with Crippen molar-refractivity contribution in [2.45, 2.75) is 31.7 Å². The smallest absolute Gasteiger partial charge is 0.304 e. The average molecular weight is 342 g/mol. The van der Waals surface area contributed by atoms with Crippen LogP contribution in [0.25, 0.3) is 0 Å². The van der Waals surface area contributed by atoms with E-state index in [2.05, 4.69) is 10.2 Å². The summed E-state index contributed by atoms with van der Waals surface area (Å²) < 4.78 is 7.58. The van der Waals surface area contributed by atoms with E-state index >= 15 is 0 Å². The molecule has 1 N–H and O–H groups in total. The first-order valence-corrected chi connectivity index (χ1v) is 8.11. The Morgan fingerprint density at radius 1 is 1.36 bits per heavy atom. The molecule has 22 heavy (non-hydrogen) atoms. The molecule has 0 radical (unpaired) electrons. The lowest BCUT2D eigenvalue weighted by Gasteiger charge is -2.08. The summed E-state index contributed by atoms with van der Waals surface area (Å²) >= 11 is 7.20. The summed E-state index contributed by atoms with van der Waals surface area (Å²) in [6, 6.07) is 7.10. The Bertz CT molecular complexity index is 631. The molecule has 2 rings (SSSR count). The van der Waals surface area contributed by atoms with E-state index < -0.39 is 5.97 Å². The van der Waals surface area contributed by atoms with Crippen LogP contribution in [0.3, 0.4) is 0 Å². The normalized spacial score (nSPS) is 10.6. The third-order valence-corrected chi connectivity index (χ3v) is 4.06. The Kier molecular flexibility index (Phi) is 6.09. The van der Waals surface area contributed by atoms with Crippen molar-refractivity contribution in [1.82, 2.24) is 14.8 Å². The maximum absolute atomic E-state index is 10.5. The average Bonchev–Trinajstić information content (AvgIpc) is 2.88. The number of halogens is 1. The topological polar surface area (TPSA) is 77.2 Å². The van der Waals surface area contributed by atoms with Gasteiger partial charge in [-0.3, -0.25) is 4.79 Å². The van der Waals surface area contributed by atoms with Crippen LogP contribution in [0.5, 0.6) is 5.75 Å². The first-order valence-electron chi connectivity index (χ1n) is 6.75. The van der Waals surface area contributed by atoms with Crippen molar-refractivity contribution in [3.8, 4) is 5.75 Å². The predicted octanol–water partition coefficient (Wildman–Crippen LogP) is 3.10. The highest BCUT2D eigenvalue weighted by Crippen LogP contribution is 2.20. The number of hydrogen-bond acceptors (Lipinski definition) is 5. The van der Waals surface area contributed by atoms with Crippen LogP contribution in [-0.2, 0) is 17.9 Å². The second-order valence-electron chi connectivity index (χ2n) is 4.38. The van der Waals surface area contributed by atoms with Gasteiger partial charge in [0.2, 0.25) is 0 Å². The summed E-state index contributed by atoms with van der Waals surface area (Å²) in [4.78, 5) is 10.5. The zero-order valence-corrected chi connectivity index (χ0v) is 13.6. The summed E-state index contributed by atoms with van der Waals surface area (Å²) in [7, 11) is 0. The Morgan fingerprint density at radius 3 is 2.73 bits per heavy atom. The summed E-state index contributed by atoms with van der Waals surface area (Å²) in [6.07, 6.45) is 0.0951. The van der Waals surface area contributed by atoms with E-state index in [9.17, 15) is 4.79 Å². The number of aliphatic carboxylic acids is 1. The lowest BCUT2D eigenvalue weighted by molar-refractivity contribution is -0.136. The third kappa shape index (κ3) is 4.64. The molecule has 1 aromatic heterocycles. The van der Waals surface area contributed by atoms with Crippen molar-refractivity contribution in [3.63, 3.8) is 0 Å². The van der Waals surface area contributed by atoms with Crippen molar-refractivity contribution >= 4 is 29.3 Å². The molecule has 1 aromatic carbocycles. The zero-order valence-electron chi connectivity index (χ0n) is 12.0. The monoisotopic (exact) mass is 341 g/mol. The molecule has 0 saturated carbocycles. The highest BCUT2D eigenvalue weighted by molar-refractivity contribution is 7.99. The summed E-state index contributed by atoms with van der Waals surface area (Å²) in [5.41, 5.74) is 0. The molecule has 1 heterocycles. The second-order valence-corrected chi connectivity index (χ2v) is 5.88. The first-order chi connectivity index (χ1) is 10.6. The number of carboxylic acids is 1. The highest BCUT2D eigenvalue weighted by atomic mass is 35.5. The fourth-order valence-corrected chi connectivity index (χ4v) is 2.83. The Hall–Kier alpha value is -1.73. The van der Waals surface area contributed by atoms with Crippen LogP contribution in [0.4, 0.5) is 0 Å². The van der Waals surface area contributed by atoms with E-state index in [0.29, 0.717) is 40.7 Å². The van der Waals surface area contributed by atoms with Gasteiger partial charge in [0.25, 0.3) is 0 Å². The van der Waals surface area contributed by atoms with Gasteiger partial charge in [0, 0.05) is 17.3 Å². The van der Waals surface area contributed by atoms with Crippen LogP contribution >= 0.6 is 23.4 Å². The van der Waals surface area contributed by atoms with Crippen molar-refractivity contribution in [3.05, 3.63) is 35.1 Å². The SMILES string of the molecule is CCn1c(COc2ccc(Cl)cc2)nnc1SCCC(=O)O. The molecule has 6 nitrogen and oxygen atoms in total. The van der Waals surface area contributed by atoms with E-state index in [1.807, 2.05) is 11.5 Å². The predicted molar refractivity (Wildman–Crippen MR) is 84.5 cm³/mol. The van der Waals surface area contributed by atoms with Gasteiger partial charge in [0.05, 0.1) is 6.42 Å². The van der Waals surface area contributed by atoms with E-state index in [1.165, 1.54) is 11.8 Å². The van der Waals surface area contributed by atoms with Gasteiger partial charge in [-0.25, -0.2) is 0 Å². The minimum absolute atomic E-state index is 0.0951. The van der Waals surface area contributed by atoms with E-state index in [4.69, 9.17) is 21.4 Å². The van der Waals surface area contributed by atoms with Crippen LogP contribution in [-0.4, -0.2) is 31.6 Å². The Labute approximate surface area is 137 Å². The van der Waals surface area contributed by atoms with Crippen LogP contribution < -0.4 is 4.74 Å². The number of carboxylic acid groups (broad SMARTS) is 1. The van der Waals surface area contributed by atoms with Crippen LogP contribution in [0.1, 0.15) is 19.2 Å². The van der Waals surface area contributed by atoms with E-state index in [-0.39, 0.29) is 6.42 Å². The second kappa shape index (κ2) is 8.05. The standard InChI is InChI=1S/C14H16ClN3O3S/c1-2-18-12(9-21-11-5-3-10(15)4-6-11)16-17-14(18)22-8-7-13(19)20/h3-6H,2,7-9H2,1H3,(H,19,20). The molecule has 8 heteroatoms. The molecule has 0 amide bonds. The molecular formula is C14H16ClN3O3S. The van der Waals surface area contributed by atoms with Crippen molar-refractivity contribution in [1.29, 1.82) is 0 Å². The van der Waals surface area contributed by atoms with E-state index in [1.54, 1.807) is 24.3 Å². The van der Waals surface area contributed by atoms with Gasteiger partial charge in [-0.05, 0) is 31.2 Å². The molecule has 0 saturated heterocycles. The van der Waals surface area contributed by atoms with Gasteiger partial charge >= 0.3 is 5.97 Å². The Morgan fingerprint density at radius 2 is 2.09 bits per heavy atom. The molecule has 0 fully saturated rings. The molecule has 0 aliphatic carbocycles. The van der Waals surface area contributed by atoms with Gasteiger partial charge < -0.3 is 14.4 Å². The molecule has 0 atom stereocenters.